The van der Waals surface area contributed by atoms with Gasteiger partial charge in [-0.3, -0.25) is 4.79 Å². The number of ether oxygens (including phenoxy) is 3. The van der Waals surface area contributed by atoms with Gasteiger partial charge in [0.05, 0.1) is 18.4 Å². The van der Waals surface area contributed by atoms with Crippen LogP contribution >= 0.6 is 11.6 Å². The maximum Gasteiger partial charge on any atom is 0.350 e. The molecule has 0 amide bonds. The van der Waals surface area contributed by atoms with E-state index in [0.29, 0.717) is 27.6 Å². The summed E-state index contributed by atoms with van der Waals surface area (Å²) in [6.45, 7) is 7.84. The van der Waals surface area contributed by atoms with Crippen molar-refractivity contribution in [3.05, 3.63) is 51.8 Å². The molecule has 1 N–H and O–H groups in total. The molecule has 29 heavy (non-hydrogen) atoms. The van der Waals surface area contributed by atoms with Gasteiger partial charge in [-0.05, 0) is 64.4 Å². The third kappa shape index (κ3) is 4.98. The largest absolute Gasteiger partial charge is 0.476 e. The van der Waals surface area contributed by atoms with Crippen molar-refractivity contribution in [3.63, 3.8) is 0 Å². The Morgan fingerprint density at radius 2 is 1.69 bits per heavy atom. The average Bonchev–Trinajstić information content (AvgIpc) is 2.96. The number of carbonyl (C=O) groups excluding carboxylic acids is 3. The maximum atomic E-state index is 12.8. The Kier molecular flexibility index (Phi) is 6.74. The second-order valence-electron chi connectivity index (χ2n) is 7.09. The highest BCUT2D eigenvalue weighted by Gasteiger charge is 2.35. The van der Waals surface area contributed by atoms with Crippen LogP contribution in [0.1, 0.15) is 52.9 Å². The molecule has 0 bridgehead atoms. The molecule has 0 aliphatic rings. The average molecular weight is 422 g/mol. The van der Waals surface area contributed by atoms with Gasteiger partial charge in [0, 0.05) is 10.7 Å². The summed E-state index contributed by atoms with van der Waals surface area (Å²) in [6.07, 6.45) is -1.09. The first-order chi connectivity index (χ1) is 13.5. The van der Waals surface area contributed by atoms with E-state index in [2.05, 4.69) is 4.98 Å². The smallest absolute Gasteiger partial charge is 0.350 e. The van der Waals surface area contributed by atoms with Crippen LogP contribution in [0.2, 0.25) is 5.02 Å². The summed E-state index contributed by atoms with van der Waals surface area (Å²) in [6, 6.07) is 6.54. The number of nitrogens with one attached hydrogen (secondary N) is 1. The molecule has 0 saturated carbocycles. The number of H-pyrrole nitrogens is 1. The van der Waals surface area contributed by atoms with Gasteiger partial charge in [0.25, 0.3) is 0 Å². The van der Waals surface area contributed by atoms with E-state index in [4.69, 9.17) is 25.8 Å². The molecule has 0 fully saturated rings. The quantitative estimate of drug-likeness (QED) is 0.535. The minimum absolute atomic E-state index is 0.194. The van der Waals surface area contributed by atoms with Crippen LogP contribution < -0.4 is 4.74 Å². The Morgan fingerprint density at radius 3 is 2.24 bits per heavy atom. The molecule has 2 rings (SSSR count). The molecule has 0 spiro atoms. The van der Waals surface area contributed by atoms with Crippen LogP contribution in [-0.2, 0) is 14.3 Å². The van der Waals surface area contributed by atoms with Gasteiger partial charge in [0.15, 0.2) is 11.7 Å². The summed E-state index contributed by atoms with van der Waals surface area (Å²) >= 11 is 5.85. The van der Waals surface area contributed by atoms with E-state index >= 15 is 0 Å². The molecule has 0 aliphatic heterocycles. The standard InChI is InChI=1S/C21H24ClNO6/c1-11-16(19(25)27-6)12(2)23-17(11)18(24)13(3)28-20(26)21(4,5)29-15-9-7-14(22)8-10-15/h7-10,13,23H,1-6H3/t13-/m0/s1. The number of Topliss-reactive ketones (excluding diaryl/α,β-unsaturated/α-hetero) is 1. The zero-order chi connectivity index (χ0) is 21.9. The Bertz CT molecular complexity index is 929. The van der Waals surface area contributed by atoms with Gasteiger partial charge in [0.2, 0.25) is 5.78 Å². The van der Waals surface area contributed by atoms with Crippen LogP contribution in [0.25, 0.3) is 0 Å². The summed E-state index contributed by atoms with van der Waals surface area (Å²) in [7, 11) is 1.27. The number of hydrogen-bond acceptors (Lipinski definition) is 6. The van der Waals surface area contributed by atoms with E-state index in [-0.39, 0.29) is 5.69 Å². The SMILES string of the molecule is COC(=O)c1c(C)[nH]c(C(=O)[C@H](C)OC(=O)C(C)(C)Oc2ccc(Cl)cc2)c1C. The van der Waals surface area contributed by atoms with Crippen molar-refractivity contribution in [2.45, 2.75) is 46.3 Å². The van der Waals surface area contributed by atoms with E-state index in [9.17, 15) is 14.4 Å². The molecule has 8 heteroatoms. The highest BCUT2D eigenvalue weighted by Crippen LogP contribution is 2.24. The molecule has 2 aromatic rings. The maximum absolute atomic E-state index is 12.8. The topological polar surface area (TPSA) is 94.7 Å². The lowest BCUT2D eigenvalue weighted by Crippen LogP contribution is -2.42. The number of carbonyl (C=O) groups is 3. The number of methoxy groups -OCH3 is 1. The fraction of sp³-hybridized carbons (Fsp3) is 0.381. The van der Waals surface area contributed by atoms with Crippen LogP contribution in [-0.4, -0.2) is 41.5 Å². The van der Waals surface area contributed by atoms with Gasteiger partial charge in [-0.2, -0.15) is 0 Å². The molecule has 1 aromatic heterocycles. The lowest BCUT2D eigenvalue weighted by atomic mass is 10.1. The molecular weight excluding hydrogens is 398 g/mol. The Morgan fingerprint density at radius 1 is 1.10 bits per heavy atom. The Hall–Kier alpha value is -2.80. The minimum atomic E-state index is -1.33. The predicted octanol–water partition coefficient (Wildman–Crippen LogP) is 4.04. The Labute approximate surface area is 174 Å². The first-order valence-corrected chi connectivity index (χ1v) is 9.33. The number of esters is 2. The van der Waals surface area contributed by atoms with Crippen LogP contribution in [0.3, 0.4) is 0 Å². The zero-order valence-corrected chi connectivity index (χ0v) is 18.0. The summed E-state index contributed by atoms with van der Waals surface area (Å²) in [5.41, 5.74) is 0.0993. The second kappa shape index (κ2) is 8.69. The van der Waals surface area contributed by atoms with Crippen molar-refractivity contribution in [1.29, 1.82) is 0 Å². The third-order valence-electron chi connectivity index (χ3n) is 4.40. The summed E-state index contributed by atoms with van der Waals surface area (Å²) in [4.78, 5) is 40.1. The van der Waals surface area contributed by atoms with Gasteiger partial charge in [-0.15, -0.1) is 0 Å². The molecule has 0 unspecified atom stereocenters. The van der Waals surface area contributed by atoms with Crippen molar-refractivity contribution in [3.8, 4) is 5.75 Å². The number of aryl methyl sites for hydroxylation is 1. The highest BCUT2D eigenvalue weighted by atomic mass is 35.5. The van der Waals surface area contributed by atoms with E-state index in [1.54, 1.807) is 52.0 Å². The van der Waals surface area contributed by atoms with Crippen LogP contribution in [0, 0.1) is 13.8 Å². The van der Waals surface area contributed by atoms with Crippen molar-refractivity contribution in [2.24, 2.45) is 0 Å². The number of ketones is 1. The number of aromatic nitrogens is 1. The summed E-state index contributed by atoms with van der Waals surface area (Å²) in [5.74, 6) is -1.27. The molecule has 1 atom stereocenters. The van der Waals surface area contributed by atoms with E-state index in [1.807, 2.05) is 0 Å². The molecule has 1 heterocycles. The van der Waals surface area contributed by atoms with E-state index in [1.165, 1.54) is 14.0 Å². The first-order valence-electron chi connectivity index (χ1n) is 8.95. The normalized spacial score (nSPS) is 12.2. The van der Waals surface area contributed by atoms with Crippen molar-refractivity contribution in [1.82, 2.24) is 4.98 Å². The van der Waals surface area contributed by atoms with Gasteiger partial charge in [0.1, 0.15) is 5.75 Å². The predicted molar refractivity (Wildman–Crippen MR) is 108 cm³/mol. The van der Waals surface area contributed by atoms with Gasteiger partial charge in [-0.25, -0.2) is 9.59 Å². The number of benzene rings is 1. The second-order valence-corrected chi connectivity index (χ2v) is 7.53. The number of aromatic amines is 1. The number of halogens is 1. The zero-order valence-electron chi connectivity index (χ0n) is 17.2. The first kappa shape index (κ1) is 22.5. The number of rotatable bonds is 7. The van der Waals surface area contributed by atoms with Gasteiger partial charge < -0.3 is 19.2 Å². The summed E-state index contributed by atoms with van der Waals surface area (Å²) < 4.78 is 15.8. The van der Waals surface area contributed by atoms with Crippen LogP contribution in [0.5, 0.6) is 5.75 Å². The molecule has 0 aliphatic carbocycles. The van der Waals surface area contributed by atoms with Gasteiger partial charge in [-0.1, -0.05) is 11.6 Å². The number of hydrogen-bond donors (Lipinski definition) is 1. The van der Waals surface area contributed by atoms with Crippen molar-refractivity contribution in [2.75, 3.05) is 7.11 Å². The monoisotopic (exact) mass is 421 g/mol. The molecule has 0 saturated heterocycles. The third-order valence-corrected chi connectivity index (χ3v) is 4.66. The molecular formula is C21H24ClNO6. The molecule has 0 radical (unpaired) electrons. The van der Waals surface area contributed by atoms with Crippen molar-refractivity contribution < 1.29 is 28.6 Å². The molecule has 7 nitrogen and oxygen atoms in total. The molecule has 1 aromatic carbocycles. The van der Waals surface area contributed by atoms with E-state index < -0.39 is 29.4 Å². The highest BCUT2D eigenvalue weighted by molar-refractivity contribution is 6.30. The summed E-state index contributed by atoms with van der Waals surface area (Å²) in [5, 5.41) is 0.542. The lowest BCUT2D eigenvalue weighted by molar-refractivity contribution is -0.162. The minimum Gasteiger partial charge on any atom is -0.476 e. The fourth-order valence-electron chi connectivity index (χ4n) is 2.80. The van der Waals surface area contributed by atoms with Crippen molar-refractivity contribution >= 4 is 29.3 Å². The fourth-order valence-corrected chi connectivity index (χ4v) is 2.93. The van der Waals surface area contributed by atoms with Crippen LogP contribution in [0.15, 0.2) is 24.3 Å². The van der Waals surface area contributed by atoms with Crippen LogP contribution in [0.4, 0.5) is 0 Å². The lowest BCUT2D eigenvalue weighted by Gasteiger charge is -2.26. The van der Waals surface area contributed by atoms with E-state index in [0.717, 1.165) is 0 Å². The van der Waals surface area contributed by atoms with Gasteiger partial charge >= 0.3 is 11.9 Å². The molecule has 156 valence electrons. The Balaban J connectivity index is 2.13.